The molecular formula is C21H28N4O4. The number of hydrogen-bond donors (Lipinski definition) is 0. The topological polar surface area (TPSA) is 78.6 Å². The van der Waals surface area contributed by atoms with Crippen molar-refractivity contribution >= 4 is 5.91 Å². The normalized spacial score (nSPS) is 17.4. The smallest absolute Gasteiger partial charge is 0.345 e. The Balaban J connectivity index is 1.49. The molecule has 2 aromatic rings. The maximum atomic E-state index is 12.8. The molecule has 0 unspecified atom stereocenters. The molecule has 2 heterocycles. The molecule has 1 saturated carbocycles. The van der Waals surface area contributed by atoms with Crippen LogP contribution in [0.1, 0.15) is 43.0 Å². The second-order valence-electron chi connectivity index (χ2n) is 7.95. The SMILES string of the molecule is COc1cc(Cn2nc(C3CCN(C(=O)C4CC4)CC3)n(C)c2=O)cc(OC)c1. The molecule has 1 amide bonds. The van der Waals surface area contributed by atoms with Gasteiger partial charge in [-0.3, -0.25) is 9.36 Å². The molecule has 1 aromatic carbocycles. The van der Waals surface area contributed by atoms with Crippen LogP contribution in [0.5, 0.6) is 11.5 Å². The van der Waals surface area contributed by atoms with Crippen LogP contribution in [0.4, 0.5) is 0 Å². The summed E-state index contributed by atoms with van der Waals surface area (Å²) in [5.41, 5.74) is 0.746. The van der Waals surface area contributed by atoms with Gasteiger partial charge in [-0.1, -0.05) is 0 Å². The van der Waals surface area contributed by atoms with E-state index in [0.717, 1.165) is 50.2 Å². The predicted octanol–water partition coefficient (Wildman–Crippen LogP) is 1.76. The number of nitrogens with zero attached hydrogens (tertiary/aromatic N) is 4. The third-order valence-electron chi connectivity index (χ3n) is 5.92. The zero-order valence-corrected chi connectivity index (χ0v) is 17.3. The Morgan fingerprint density at radius 1 is 1.07 bits per heavy atom. The fraction of sp³-hybridized carbons (Fsp3) is 0.571. The molecule has 0 N–H and O–H groups in total. The lowest BCUT2D eigenvalue weighted by molar-refractivity contribution is -0.133. The molecular weight excluding hydrogens is 372 g/mol. The maximum Gasteiger partial charge on any atom is 0.345 e. The van der Waals surface area contributed by atoms with Crippen LogP contribution in [0.15, 0.2) is 23.0 Å². The van der Waals surface area contributed by atoms with Crippen molar-refractivity contribution in [2.75, 3.05) is 27.3 Å². The van der Waals surface area contributed by atoms with E-state index >= 15 is 0 Å². The molecule has 29 heavy (non-hydrogen) atoms. The van der Waals surface area contributed by atoms with E-state index in [0.29, 0.717) is 24.0 Å². The highest BCUT2D eigenvalue weighted by molar-refractivity contribution is 5.81. The van der Waals surface area contributed by atoms with Crippen LogP contribution < -0.4 is 15.2 Å². The highest BCUT2D eigenvalue weighted by atomic mass is 16.5. The predicted molar refractivity (Wildman–Crippen MR) is 107 cm³/mol. The van der Waals surface area contributed by atoms with Crippen LogP contribution in [-0.4, -0.2) is 52.5 Å². The molecule has 156 valence electrons. The van der Waals surface area contributed by atoms with Crippen molar-refractivity contribution in [2.45, 2.75) is 38.1 Å². The Morgan fingerprint density at radius 3 is 2.24 bits per heavy atom. The van der Waals surface area contributed by atoms with E-state index in [2.05, 4.69) is 5.10 Å². The van der Waals surface area contributed by atoms with Crippen LogP contribution in [0, 0.1) is 5.92 Å². The van der Waals surface area contributed by atoms with E-state index in [9.17, 15) is 9.59 Å². The van der Waals surface area contributed by atoms with E-state index in [1.807, 2.05) is 17.0 Å². The van der Waals surface area contributed by atoms with Gasteiger partial charge in [0, 0.05) is 38.0 Å². The second kappa shape index (κ2) is 7.93. The van der Waals surface area contributed by atoms with Gasteiger partial charge in [-0.15, -0.1) is 0 Å². The van der Waals surface area contributed by atoms with Crippen LogP contribution in [0.2, 0.25) is 0 Å². The van der Waals surface area contributed by atoms with Gasteiger partial charge in [-0.25, -0.2) is 9.48 Å². The van der Waals surface area contributed by atoms with Gasteiger partial charge in [0.1, 0.15) is 17.3 Å². The van der Waals surface area contributed by atoms with Crippen molar-refractivity contribution in [3.8, 4) is 11.5 Å². The summed E-state index contributed by atoms with van der Waals surface area (Å²) in [5.74, 6) is 2.90. The van der Waals surface area contributed by atoms with Gasteiger partial charge in [0.15, 0.2) is 0 Å². The van der Waals surface area contributed by atoms with E-state index in [1.165, 1.54) is 4.68 Å². The van der Waals surface area contributed by atoms with Crippen molar-refractivity contribution in [1.29, 1.82) is 0 Å². The van der Waals surface area contributed by atoms with Crippen LogP contribution in [0.3, 0.4) is 0 Å². The summed E-state index contributed by atoms with van der Waals surface area (Å²) < 4.78 is 13.8. The van der Waals surface area contributed by atoms with Crippen LogP contribution >= 0.6 is 0 Å². The first kappa shape index (κ1) is 19.5. The number of carbonyl (C=O) groups is 1. The minimum Gasteiger partial charge on any atom is -0.497 e. The maximum absolute atomic E-state index is 12.8. The molecule has 0 radical (unpaired) electrons. The Bertz CT molecular complexity index is 930. The van der Waals surface area contributed by atoms with Gasteiger partial charge < -0.3 is 14.4 Å². The summed E-state index contributed by atoms with van der Waals surface area (Å²) >= 11 is 0. The first-order valence-electron chi connectivity index (χ1n) is 10.1. The number of rotatable bonds is 6. The number of piperidine rings is 1. The van der Waals surface area contributed by atoms with E-state index in [1.54, 1.807) is 31.9 Å². The van der Waals surface area contributed by atoms with Crippen molar-refractivity contribution in [3.63, 3.8) is 0 Å². The fourth-order valence-corrected chi connectivity index (χ4v) is 4.04. The standard InChI is InChI=1S/C21H28N4O4/c1-23-19(15-6-8-24(9-7-15)20(26)16-4-5-16)22-25(21(23)27)13-14-10-17(28-2)12-18(11-14)29-3/h10-12,15-16H,4-9,13H2,1-3H3. The number of amides is 1. The summed E-state index contributed by atoms with van der Waals surface area (Å²) in [5, 5.41) is 4.64. The Morgan fingerprint density at radius 2 is 1.69 bits per heavy atom. The van der Waals surface area contributed by atoms with Gasteiger partial charge in [0.05, 0.1) is 20.8 Å². The van der Waals surface area contributed by atoms with Crippen molar-refractivity contribution < 1.29 is 14.3 Å². The average Bonchev–Trinajstić information content (AvgIpc) is 3.56. The van der Waals surface area contributed by atoms with Gasteiger partial charge in [-0.05, 0) is 43.4 Å². The van der Waals surface area contributed by atoms with Crippen molar-refractivity contribution in [2.24, 2.45) is 13.0 Å². The van der Waals surface area contributed by atoms with E-state index in [4.69, 9.17) is 9.47 Å². The summed E-state index contributed by atoms with van der Waals surface area (Å²) in [4.78, 5) is 27.0. The molecule has 8 nitrogen and oxygen atoms in total. The number of ether oxygens (including phenoxy) is 2. The van der Waals surface area contributed by atoms with Gasteiger partial charge in [0.2, 0.25) is 5.91 Å². The van der Waals surface area contributed by atoms with Crippen molar-refractivity contribution in [1.82, 2.24) is 19.2 Å². The van der Waals surface area contributed by atoms with E-state index in [-0.39, 0.29) is 17.5 Å². The number of hydrogen-bond acceptors (Lipinski definition) is 5. The molecule has 8 heteroatoms. The summed E-state index contributed by atoms with van der Waals surface area (Å²) in [6.07, 6.45) is 3.75. The zero-order chi connectivity index (χ0) is 20.5. The lowest BCUT2D eigenvalue weighted by Crippen LogP contribution is -2.39. The molecule has 2 fully saturated rings. The van der Waals surface area contributed by atoms with Gasteiger partial charge in [0.25, 0.3) is 0 Å². The minimum atomic E-state index is -0.140. The number of aromatic nitrogens is 3. The molecule has 1 aliphatic carbocycles. The molecule has 2 aliphatic rings. The van der Waals surface area contributed by atoms with E-state index < -0.39 is 0 Å². The molecule has 0 bridgehead atoms. The monoisotopic (exact) mass is 400 g/mol. The molecule has 0 spiro atoms. The Hall–Kier alpha value is -2.77. The lowest BCUT2D eigenvalue weighted by atomic mass is 9.95. The highest BCUT2D eigenvalue weighted by Crippen LogP contribution is 2.34. The minimum absolute atomic E-state index is 0.140. The van der Waals surface area contributed by atoms with Crippen LogP contribution in [-0.2, 0) is 18.4 Å². The highest BCUT2D eigenvalue weighted by Gasteiger charge is 2.35. The van der Waals surface area contributed by atoms with Crippen LogP contribution in [0.25, 0.3) is 0 Å². The number of likely N-dealkylation sites (tertiary alicyclic amines) is 1. The molecule has 4 rings (SSSR count). The quantitative estimate of drug-likeness (QED) is 0.738. The average molecular weight is 400 g/mol. The number of methoxy groups -OCH3 is 2. The molecule has 1 aromatic heterocycles. The third-order valence-corrected chi connectivity index (χ3v) is 5.92. The summed E-state index contributed by atoms with van der Waals surface area (Å²) in [6, 6.07) is 5.56. The summed E-state index contributed by atoms with van der Waals surface area (Å²) in [7, 11) is 4.98. The van der Waals surface area contributed by atoms with Crippen molar-refractivity contribution in [3.05, 3.63) is 40.1 Å². The number of benzene rings is 1. The number of carbonyl (C=O) groups excluding carboxylic acids is 1. The first-order chi connectivity index (χ1) is 14.0. The first-order valence-corrected chi connectivity index (χ1v) is 10.1. The summed E-state index contributed by atoms with van der Waals surface area (Å²) in [6.45, 7) is 1.83. The Labute approximate surface area is 170 Å². The molecule has 0 atom stereocenters. The Kier molecular flexibility index (Phi) is 5.34. The largest absolute Gasteiger partial charge is 0.497 e. The molecule has 1 saturated heterocycles. The van der Waals surface area contributed by atoms with Gasteiger partial charge in [-0.2, -0.15) is 5.10 Å². The lowest BCUT2D eigenvalue weighted by Gasteiger charge is -2.31. The fourth-order valence-electron chi connectivity index (χ4n) is 4.04. The van der Waals surface area contributed by atoms with Gasteiger partial charge >= 0.3 is 5.69 Å². The third kappa shape index (κ3) is 4.02. The second-order valence-corrected chi connectivity index (χ2v) is 7.95. The molecule has 1 aliphatic heterocycles. The zero-order valence-electron chi connectivity index (χ0n) is 17.3.